The number of hydrogen-bond donors (Lipinski definition) is 4. The van der Waals surface area contributed by atoms with E-state index in [9.17, 15) is 14.4 Å². The summed E-state index contributed by atoms with van der Waals surface area (Å²) in [5, 5.41) is 11.3. The summed E-state index contributed by atoms with van der Waals surface area (Å²) >= 11 is 3.29. The van der Waals surface area contributed by atoms with Crippen LogP contribution in [0.4, 0.5) is 0 Å². The monoisotopic (exact) mass is 407 g/mol. The van der Waals surface area contributed by atoms with E-state index in [0.29, 0.717) is 16.6 Å². The normalized spacial score (nSPS) is 10.2. The number of carbonyl (C=O) groups is 1. The van der Waals surface area contributed by atoms with Gasteiger partial charge >= 0.3 is 17.1 Å². The van der Waals surface area contributed by atoms with Gasteiger partial charge in [0, 0.05) is 11.0 Å². The van der Waals surface area contributed by atoms with Gasteiger partial charge in [0.25, 0.3) is 0 Å². The van der Waals surface area contributed by atoms with E-state index in [2.05, 4.69) is 31.2 Å². The second-order valence-electron chi connectivity index (χ2n) is 3.89. The lowest BCUT2D eigenvalue weighted by Crippen LogP contribution is -2.29. The number of H-pyrrole nitrogens is 2. The van der Waals surface area contributed by atoms with E-state index in [1.54, 1.807) is 12.1 Å². The van der Waals surface area contributed by atoms with E-state index < -0.39 is 17.1 Å². The van der Waals surface area contributed by atoms with E-state index >= 15 is 0 Å². The number of hydrogen-bond acceptors (Lipinski definition) is 4. The molecule has 1 aromatic heterocycles. The minimum absolute atomic E-state index is 0. The summed E-state index contributed by atoms with van der Waals surface area (Å²) in [6.07, 6.45) is 0. The number of rotatable bonds is 4. The first-order valence-electron chi connectivity index (χ1n) is 5.34. The van der Waals surface area contributed by atoms with Crippen LogP contribution >= 0.6 is 32.9 Å². The second kappa shape index (κ2) is 6.82. The Labute approximate surface area is 131 Å². The van der Waals surface area contributed by atoms with Crippen molar-refractivity contribution in [1.29, 1.82) is 0 Å². The first-order chi connectivity index (χ1) is 8.97. The Morgan fingerprint density at radius 1 is 1.25 bits per heavy atom. The van der Waals surface area contributed by atoms with Gasteiger partial charge in [0.05, 0.1) is 17.6 Å². The van der Waals surface area contributed by atoms with Crippen LogP contribution in [0.1, 0.15) is 5.56 Å². The van der Waals surface area contributed by atoms with Gasteiger partial charge in [-0.15, -0.1) is 17.0 Å². The summed E-state index contributed by atoms with van der Waals surface area (Å²) in [4.78, 5) is 38.0. The van der Waals surface area contributed by atoms with Crippen LogP contribution in [-0.4, -0.2) is 27.6 Å². The molecule has 108 valence electrons. The molecule has 0 spiro atoms. The van der Waals surface area contributed by atoms with Gasteiger partial charge in [-0.2, -0.15) is 0 Å². The fourth-order valence-corrected chi connectivity index (χ4v) is 2.21. The number of halogens is 2. The molecule has 0 saturated carbocycles. The molecule has 0 fully saturated rings. The summed E-state index contributed by atoms with van der Waals surface area (Å²) in [5.74, 6) is -0.971. The van der Waals surface area contributed by atoms with E-state index in [0.717, 1.165) is 4.47 Å². The fourth-order valence-electron chi connectivity index (χ4n) is 1.70. The third-order valence-corrected chi connectivity index (χ3v) is 2.93. The zero-order chi connectivity index (χ0) is 14.0. The Morgan fingerprint density at radius 3 is 2.55 bits per heavy atom. The van der Waals surface area contributed by atoms with E-state index in [1.165, 1.54) is 0 Å². The predicted octanol–water partition coefficient (Wildman–Crippen LogP) is 0.731. The molecule has 4 N–H and O–H groups in total. The fraction of sp³-hybridized carbons (Fsp3) is 0.182. The minimum atomic E-state index is -0.971. The quantitative estimate of drug-likeness (QED) is 0.556. The van der Waals surface area contributed by atoms with Gasteiger partial charge < -0.3 is 20.4 Å². The number of carboxylic acid groups (broad SMARTS) is 1. The average Bonchev–Trinajstić information content (AvgIpc) is 2.31. The van der Waals surface area contributed by atoms with Crippen LogP contribution < -0.4 is 16.4 Å². The Bertz CT molecular complexity index is 753. The molecule has 2 rings (SSSR count). The highest BCUT2D eigenvalue weighted by Gasteiger charge is 2.07. The third-order valence-electron chi connectivity index (χ3n) is 2.47. The Morgan fingerprint density at radius 2 is 1.90 bits per heavy atom. The lowest BCUT2D eigenvalue weighted by Gasteiger charge is -2.07. The van der Waals surface area contributed by atoms with Crippen molar-refractivity contribution in [3.63, 3.8) is 0 Å². The van der Waals surface area contributed by atoms with Gasteiger partial charge in [-0.25, -0.2) is 0 Å². The van der Waals surface area contributed by atoms with Crippen molar-refractivity contribution in [3.05, 3.63) is 42.9 Å². The van der Waals surface area contributed by atoms with Crippen LogP contribution in [0.5, 0.6) is 0 Å². The highest BCUT2D eigenvalue weighted by atomic mass is 79.9. The van der Waals surface area contributed by atoms with Crippen molar-refractivity contribution in [2.24, 2.45) is 0 Å². The number of carboxylic acids is 1. The van der Waals surface area contributed by atoms with Crippen LogP contribution in [-0.2, 0) is 11.3 Å². The van der Waals surface area contributed by atoms with Crippen molar-refractivity contribution >= 4 is 49.9 Å². The van der Waals surface area contributed by atoms with Crippen molar-refractivity contribution < 1.29 is 9.90 Å². The number of fused-ring (bicyclic) bond motifs is 1. The molecule has 0 radical (unpaired) electrons. The molecule has 0 bridgehead atoms. The van der Waals surface area contributed by atoms with Gasteiger partial charge in [0.1, 0.15) is 0 Å². The van der Waals surface area contributed by atoms with Crippen LogP contribution in [0.25, 0.3) is 11.0 Å². The van der Waals surface area contributed by atoms with E-state index in [4.69, 9.17) is 5.11 Å². The van der Waals surface area contributed by atoms with Crippen LogP contribution in [0.15, 0.2) is 26.2 Å². The topological polar surface area (TPSA) is 115 Å². The van der Waals surface area contributed by atoms with Crippen molar-refractivity contribution in [3.8, 4) is 0 Å². The van der Waals surface area contributed by atoms with Crippen molar-refractivity contribution in [1.82, 2.24) is 15.3 Å². The molecule has 0 aliphatic heterocycles. The van der Waals surface area contributed by atoms with Gasteiger partial charge in [-0.05, 0) is 17.7 Å². The van der Waals surface area contributed by atoms with Gasteiger partial charge in [-0.1, -0.05) is 15.9 Å². The summed E-state index contributed by atoms with van der Waals surface area (Å²) in [6, 6.07) is 3.40. The Hall–Kier alpha value is -1.45. The van der Waals surface area contributed by atoms with Crippen molar-refractivity contribution in [2.45, 2.75) is 6.54 Å². The maximum absolute atomic E-state index is 11.3. The predicted molar refractivity (Wildman–Crippen MR) is 82.6 cm³/mol. The summed E-state index contributed by atoms with van der Waals surface area (Å²) in [6.45, 7) is 0.0613. The van der Waals surface area contributed by atoms with Crippen LogP contribution in [0, 0.1) is 0 Å². The summed E-state index contributed by atoms with van der Waals surface area (Å²) < 4.78 is 0.717. The first-order valence-corrected chi connectivity index (χ1v) is 6.14. The van der Waals surface area contributed by atoms with Gasteiger partial charge in [0.2, 0.25) is 0 Å². The Kier molecular flexibility index (Phi) is 5.66. The maximum atomic E-state index is 11.3. The number of nitrogens with one attached hydrogen (secondary N) is 3. The highest BCUT2D eigenvalue weighted by Crippen LogP contribution is 2.19. The molecule has 0 aliphatic rings. The molecular weight excluding hydrogens is 398 g/mol. The summed E-state index contributed by atoms with van der Waals surface area (Å²) in [5.41, 5.74) is 0.167. The number of benzene rings is 1. The molecule has 0 unspecified atom stereocenters. The highest BCUT2D eigenvalue weighted by molar-refractivity contribution is 9.10. The lowest BCUT2D eigenvalue weighted by atomic mass is 10.1. The molecule has 1 heterocycles. The smallest absolute Gasteiger partial charge is 0.317 e. The lowest BCUT2D eigenvalue weighted by molar-refractivity contribution is -0.135. The van der Waals surface area contributed by atoms with Gasteiger partial charge in [0.15, 0.2) is 0 Å². The molecule has 0 aliphatic carbocycles. The average molecular weight is 409 g/mol. The zero-order valence-corrected chi connectivity index (χ0v) is 13.3. The second-order valence-corrected chi connectivity index (χ2v) is 4.81. The maximum Gasteiger partial charge on any atom is 0.317 e. The largest absolute Gasteiger partial charge is 0.480 e. The molecule has 0 amide bonds. The first kappa shape index (κ1) is 16.6. The molecule has 0 saturated heterocycles. The van der Waals surface area contributed by atoms with E-state index in [1.807, 2.05) is 0 Å². The standard InChI is InChI=1S/C11H10BrN3O4.BrH/c12-6-1-5(3-13-4-8(16)17)9-7(2-6)14-10(18)11(19)15-9;/h1-2,13H,3-4H2,(H,14,18)(H,15,19)(H,16,17);1H. The molecule has 2 aromatic rings. The number of aromatic nitrogens is 2. The van der Waals surface area contributed by atoms with Crippen LogP contribution in [0.2, 0.25) is 0 Å². The number of aromatic amines is 2. The number of aliphatic carboxylic acids is 1. The van der Waals surface area contributed by atoms with Crippen LogP contribution in [0.3, 0.4) is 0 Å². The molecule has 7 nitrogen and oxygen atoms in total. The molecule has 9 heteroatoms. The van der Waals surface area contributed by atoms with Gasteiger partial charge in [-0.3, -0.25) is 14.4 Å². The Balaban J connectivity index is 0.00000200. The summed E-state index contributed by atoms with van der Waals surface area (Å²) in [7, 11) is 0. The third kappa shape index (κ3) is 3.78. The minimum Gasteiger partial charge on any atom is -0.480 e. The molecule has 20 heavy (non-hydrogen) atoms. The SMILES string of the molecule is Br.O=C(O)CNCc1cc(Br)cc2[nH]c(=O)c(=O)[nH]c12. The zero-order valence-electron chi connectivity index (χ0n) is 10.0. The molecule has 1 aromatic carbocycles. The van der Waals surface area contributed by atoms with Crippen molar-refractivity contribution in [2.75, 3.05) is 6.54 Å². The molecular formula is C11H11Br2N3O4. The molecule has 0 atom stereocenters. The van der Waals surface area contributed by atoms with E-state index in [-0.39, 0.29) is 30.1 Å².